The number of pyridine rings is 1. The molecular formula is C14H12ClNO2. The standard InChI is InChI=1S/C14H12ClNO2/c1-9-3-6-12(15)13(7-9)18-14(17)11-5-4-10(2)16-8-11/h3-8H,1-2H3. The van der Waals surface area contributed by atoms with Gasteiger partial charge in [0.1, 0.15) is 5.75 Å². The van der Waals surface area contributed by atoms with Gasteiger partial charge in [0.15, 0.2) is 0 Å². The maximum atomic E-state index is 11.9. The molecule has 0 aliphatic rings. The van der Waals surface area contributed by atoms with Crippen molar-refractivity contribution in [3.8, 4) is 5.75 Å². The van der Waals surface area contributed by atoms with Gasteiger partial charge in [0, 0.05) is 11.9 Å². The van der Waals surface area contributed by atoms with E-state index < -0.39 is 5.97 Å². The molecule has 0 saturated carbocycles. The third-order valence-electron chi connectivity index (χ3n) is 2.44. The van der Waals surface area contributed by atoms with Gasteiger partial charge in [-0.3, -0.25) is 4.98 Å². The second kappa shape index (κ2) is 5.19. The lowest BCUT2D eigenvalue weighted by Gasteiger charge is -2.07. The zero-order chi connectivity index (χ0) is 13.1. The maximum absolute atomic E-state index is 11.9. The highest BCUT2D eigenvalue weighted by Crippen LogP contribution is 2.26. The number of aryl methyl sites for hydroxylation is 2. The Balaban J connectivity index is 2.21. The first-order valence-electron chi connectivity index (χ1n) is 5.47. The van der Waals surface area contributed by atoms with Gasteiger partial charge in [0.05, 0.1) is 10.6 Å². The summed E-state index contributed by atoms with van der Waals surface area (Å²) in [7, 11) is 0. The molecule has 3 nitrogen and oxygen atoms in total. The Hall–Kier alpha value is -1.87. The summed E-state index contributed by atoms with van der Waals surface area (Å²) >= 11 is 5.96. The summed E-state index contributed by atoms with van der Waals surface area (Å²) in [5.74, 6) is -0.0998. The maximum Gasteiger partial charge on any atom is 0.345 e. The number of nitrogens with zero attached hydrogens (tertiary/aromatic N) is 1. The number of halogens is 1. The van der Waals surface area contributed by atoms with Gasteiger partial charge in [-0.2, -0.15) is 0 Å². The Morgan fingerprint density at radius 1 is 1.22 bits per heavy atom. The average molecular weight is 262 g/mol. The second-order valence-corrected chi connectivity index (χ2v) is 4.42. The molecule has 0 bridgehead atoms. The molecule has 0 fully saturated rings. The molecule has 1 aromatic carbocycles. The van der Waals surface area contributed by atoms with E-state index in [1.807, 2.05) is 19.9 Å². The molecule has 0 N–H and O–H groups in total. The van der Waals surface area contributed by atoms with Crippen molar-refractivity contribution >= 4 is 17.6 Å². The van der Waals surface area contributed by atoms with Crippen molar-refractivity contribution in [2.75, 3.05) is 0 Å². The van der Waals surface area contributed by atoms with Gasteiger partial charge >= 0.3 is 5.97 Å². The van der Waals surface area contributed by atoms with Crippen molar-refractivity contribution in [1.29, 1.82) is 0 Å². The predicted molar refractivity (Wildman–Crippen MR) is 70.1 cm³/mol. The molecule has 0 saturated heterocycles. The molecule has 92 valence electrons. The summed E-state index contributed by atoms with van der Waals surface area (Å²) in [5, 5.41) is 0.411. The Morgan fingerprint density at radius 3 is 2.67 bits per heavy atom. The van der Waals surface area contributed by atoms with Crippen LogP contribution in [0.2, 0.25) is 5.02 Å². The van der Waals surface area contributed by atoms with Gasteiger partial charge in [-0.15, -0.1) is 0 Å². The number of rotatable bonds is 2. The van der Waals surface area contributed by atoms with Crippen LogP contribution in [-0.4, -0.2) is 11.0 Å². The molecule has 4 heteroatoms. The van der Waals surface area contributed by atoms with E-state index in [4.69, 9.17) is 16.3 Å². The van der Waals surface area contributed by atoms with E-state index >= 15 is 0 Å². The van der Waals surface area contributed by atoms with Crippen LogP contribution < -0.4 is 4.74 Å². The van der Waals surface area contributed by atoms with E-state index in [2.05, 4.69) is 4.98 Å². The average Bonchev–Trinajstić information content (AvgIpc) is 2.34. The van der Waals surface area contributed by atoms with Crippen molar-refractivity contribution < 1.29 is 9.53 Å². The lowest BCUT2D eigenvalue weighted by molar-refractivity contribution is 0.0734. The molecule has 0 aliphatic heterocycles. The third-order valence-corrected chi connectivity index (χ3v) is 2.75. The van der Waals surface area contributed by atoms with Gasteiger partial charge in [-0.25, -0.2) is 4.79 Å². The van der Waals surface area contributed by atoms with Crippen molar-refractivity contribution in [3.63, 3.8) is 0 Å². The largest absolute Gasteiger partial charge is 0.421 e. The van der Waals surface area contributed by atoms with Gasteiger partial charge < -0.3 is 4.74 Å². The Labute approximate surface area is 110 Å². The van der Waals surface area contributed by atoms with Gasteiger partial charge in [-0.05, 0) is 43.7 Å². The molecular weight excluding hydrogens is 250 g/mol. The molecule has 2 aromatic rings. The number of benzene rings is 1. The number of esters is 1. The van der Waals surface area contributed by atoms with Crippen molar-refractivity contribution in [1.82, 2.24) is 4.98 Å². The zero-order valence-corrected chi connectivity index (χ0v) is 10.9. The second-order valence-electron chi connectivity index (χ2n) is 4.01. The summed E-state index contributed by atoms with van der Waals surface area (Å²) in [6.45, 7) is 3.76. The van der Waals surface area contributed by atoms with E-state index in [0.717, 1.165) is 11.3 Å². The third kappa shape index (κ3) is 2.87. The molecule has 0 unspecified atom stereocenters. The fraction of sp³-hybridized carbons (Fsp3) is 0.143. The monoisotopic (exact) mass is 261 g/mol. The van der Waals surface area contributed by atoms with Crippen LogP contribution in [0, 0.1) is 13.8 Å². The topological polar surface area (TPSA) is 39.2 Å². The predicted octanol–water partition coefficient (Wildman–Crippen LogP) is 3.57. The smallest absolute Gasteiger partial charge is 0.345 e. The number of carbonyl (C=O) groups is 1. The molecule has 0 radical (unpaired) electrons. The highest BCUT2D eigenvalue weighted by Gasteiger charge is 2.11. The van der Waals surface area contributed by atoms with Crippen LogP contribution in [0.1, 0.15) is 21.6 Å². The summed E-state index contributed by atoms with van der Waals surface area (Å²) in [5.41, 5.74) is 2.22. The fourth-order valence-electron chi connectivity index (χ4n) is 1.44. The lowest BCUT2D eigenvalue weighted by Crippen LogP contribution is -2.09. The van der Waals surface area contributed by atoms with Gasteiger partial charge in [-0.1, -0.05) is 17.7 Å². The molecule has 2 rings (SSSR count). The first-order valence-corrected chi connectivity index (χ1v) is 5.85. The SMILES string of the molecule is Cc1ccc(Cl)c(OC(=O)c2ccc(C)nc2)c1. The van der Waals surface area contributed by atoms with Gasteiger partial charge in [0.25, 0.3) is 0 Å². The van der Waals surface area contributed by atoms with Crippen molar-refractivity contribution in [2.45, 2.75) is 13.8 Å². The highest BCUT2D eigenvalue weighted by molar-refractivity contribution is 6.32. The van der Waals surface area contributed by atoms with Crippen LogP contribution >= 0.6 is 11.6 Å². The van der Waals surface area contributed by atoms with E-state index in [1.165, 1.54) is 6.20 Å². The minimum atomic E-state index is -0.463. The van der Waals surface area contributed by atoms with Crippen molar-refractivity contribution in [2.24, 2.45) is 0 Å². The summed E-state index contributed by atoms with van der Waals surface area (Å²) < 4.78 is 5.24. The fourth-order valence-corrected chi connectivity index (χ4v) is 1.59. The lowest BCUT2D eigenvalue weighted by atomic mass is 10.2. The first-order chi connectivity index (χ1) is 8.56. The molecule has 0 spiro atoms. The Bertz CT molecular complexity index is 579. The van der Waals surface area contributed by atoms with Crippen LogP contribution in [-0.2, 0) is 0 Å². The number of hydrogen-bond donors (Lipinski definition) is 0. The molecule has 1 heterocycles. The van der Waals surface area contributed by atoms with E-state index in [-0.39, 0.29) is 0 Å². The molecule has 1 aromatic heterocycles. The number of hydrogen-bond acceptors (Lipinski definition) is 3. The number of ether oxygens (including phenoxy) is 1. The Kier molecular flexibility index (Phi) is 3.63. The van der Waals surface area contributed by atoms with Crippen LogP contribution in [0.25, 0.3) is 0 Å². The minimum Gasteiger partial charge on any atom is -0.421 e. The van der Waals surface area contributed by atoms with Crippen LogP contribution in [0.4, 0.5) is 0 Å². The molecule has 0 amide bonds. The van der Waals surface area contributed by atoms with Crippen molar-refractivity contribution in [3.05, 3.63) is 58.4 Å². The van der Waals surface area contributed by atoms with E-state index in [1.54, 1.807) is 24.3 Å². The van der Waals surface area contributed by atoms with E-state index in [0.29, 0.717) is 16.3 Å². The Morgan fingerprint density at radius 2 is 2.00 bits per heavy atom. The number of aromatic nitrogens is 1. The van der Waals surface area contributed by atoms with Crippen LogP contribution in [0.15, 0.2) is 36.5 Å². The zero-order valence-electron chi connectivity index (χ0n) is 10.1. The van der Waals surface area contributed by atoms with Crippen LogP contribution in [0.3, 0.4) is 0 Å². The van der Waals surface area contributed by atoms with Gasteiger partial charge in [0.2, 0.25) is 0 Å². The molecule has 0 aliphatic carbocycles. The first kappa shape index (κ1) is 12.6. The molecule has 0 atom stereocenters. The minimum absolute atomic E-state index is 0.363. The summed E-state index contributed by atoms with van der Waals surface area (Å²) in [6.07, 6.45) is 1.49. The normalized spacial score (nSPS) is 10.2. The molecule has 18 heavy (non-hydrogen) atoms. The number of carbonyl (C=O) groups excluding carboxylic acids is 1. The quantitative estimate of drug-likeness (QED) is 0.613. The van der Waals surface area contributed by atoms with E-state index in [9.17, 15) is 4.79 Å². The highest BCUT2D eigenvalue weighted by atomic mass is 35.5. The summed E-state index contributed by atoms with van der Waals surface area (Å²) in [4.78, 5) is 15.9. The van der Waals surface area contributed by atoms with Crippen LogP contribution in [0.5, 0.6) is 5.75 Å². The summed E-state index contributed by atoms with van der Waals surface area (Å²) in [6, 6.07) is 8.71.